The predicted octanol–water partition coefficient (Wildman–Crippen LogP) is 2.46. The van der Waals surface area contributed by atoms with Gasteiger partial charge in [-0.05, 0) is 26.9 Å². The highest BCUT2D eigenvalue weighted by atomic mass is 16.6. The van der Waals surface area contributed by atoms with Crippen LogP contribution < -0.4 is 9.64 Å². The Morgan fingerprint density at radius 3 is 2.46 bits per heavy atom. The highest BCUT2D eigenvalue weighted by Gasteiger charge is 2.35. The van der Waals surface area contributed by atoms with E-state index in [1.54, 1.807) is 18.2 Å². The fourth-order valence-corrected chi connectivity index (χ4v) is 3.90. The number of piperidine rings is 1. The molecule has 0 amide bonds. The van der Waals surface area contributed by atoms with Gasteiger partial charge < -0.3 is 14.5 Å². The number of hydrogen-bond acceptors (Lipinski definition) is 6. The zero-order chi connectivity index (χ0) is 18.8. The lowest BCUT2D eigenvalue weighted by molar-refractivity contribution is -0.385. The first-order valence-electron chi connectivity index (χ1n) is 9.09. The molecule has 0 N–H and O–H groups in total. The number of likely N-dealkylation sites (tertiary alicyclic amines) is 1. The zero-order valence-electron chi connectivity index (χ0n) is 15.9. The van der Waals surface area contributed by atoms with Crippen molar-refractivity contribution >= 4 is 17.5 Å². The Hall–Kier alpha value is -2.12. The Morgan fingerprint density at radius 1 is 1.31 bits per heavy atom. The summed E-state index contributed by atoms with van der Waals surface area (Å²) in [6, 6.07) is 4.65. The van der Waals surface area contributed by atoms with E-state index in [1.807, 2.05) is 0 Å². The first-order chi connectivity index (χ1) is 12.4. The minimum Gasteiger partial charge on any atom is -0.490 e. The molecule has 0 aliphatic carbocycles. The van der Waals surface area contributed by atoms with Crippen molar-refractivity contribution in [3.05, 3.63) is 34.4 Å². The third-order valence-corrected chi connectivity index (χ3v) is 5.69. The number of anilines is 1. The van der Waals surface area contributed by atoms with Gasteiger partial charge in [-0.1, -0.05) is 12.7 Å². The van der Waals surface area contributed by atoms with Crippen molar-refractivity contribution in [1.29, 1.82) is 0 Å². The topological polar surface area (TPSA) is 62.1 Å². The van der Waals surface area contributed by atoms with E-state index >= 15 is 0 Å². The summed E-state index contributed by atoms with van der Waals surface area (Å²) in [5, 5.41) is 11.2. The summed E-state index contributed by atoms with van der Waals surface area (Å²) in [6.45, 7) is 8.02. The van der Waals surface area contributed by atoms with Gasteiger partial charge in [0.1, 0.15) is 0 Å². The number of methoxy groups -OCH3 is 1. The van der Waals surface area contributed by atoms with Gasteiger partial charge in [0, 0.05) is 61.6 Å². The van der Waals surface area contributed by atoms with Crippen LogP contribution in [0.5, 0.6) is 5.75 Å². The van der Waals surface area contributed by atoms with Crippen LogP contribution in [0.25, 0.3) is 6.08 Å². The molecular formula is C19H28N4O3. The number of rotatable bonds is 6. The molecule has 2 aliphatic heterocycles. The van der Waals surface area contributed by atoms with Crippen LogP contribution in [0.3, 0.4) is 0 Å². The van der Waals surface area contributed by atoms with Gasteiger partial charge in [0.25, 0.3) is 0 Å². The van der Waals surface area contributed by atoms with Crippen LogP contribution in [0.1, 0.15) is 18.4 Å². The van der Waals surface area contributed by atoms with Crippen LogP contribution in [-0.4, -0.2) is 74.2 Å². The first-order valence-corrected chi connectivity index (χ1v) is 9.09. The predicted molar refractivity (Wildman–Crippen MR) is 104 cm³/mol. The van der Waals surface area contributed by atoms with Crippen molar-refractivity contribution in [3.63, 3.8) is 0 Å². The van der Waals surface area contributed by atoms with Gasteiger partial charge in [0.05, 0.1) is 12.0 Å². The first kappa shape index (κ1) is 18.7. The van der Waals surface area contributed by atoms with E-state index in [0.717, 1.165) is 50.3 Å². The Balaban J connectivity index is 1.69. The molecule has 0 saturated carbocycles. The number of nitro benzene ring substituents is 1. The van der Waals surface area contributed by atoms with Crippen LogP contribution >= 0.6 is 0 Å². The van der Waals surface area contributed by atoms with E-state index in [0.29, 0.717) is 17.8 Å². The Kier molecular flexibility index (Phi) is 5.48. The van der Waals surface area contributed by atoms with E-state index in [4.69, 9.17) is 4.74 Å². The lowest BCUT2D eigenvalue weighted by atomic mass is 9.96. The fraction of sp³-hybridized carbons (Fsp3) is 0.579. The second-order valence-electron chi connectivity index (χ2n) is 7.33. The summed E-state index contributed by atoms with van der Waals surface area (Å²) < 4.78 is 5.24. The van der Waals surface area contributed by atoms with Gasteiger partial charge >= 0.3 is 5.69 Å². The monoisotopic (exact) mass is 360 g/mol. The quantitative estimate of drug-likeness (QED) is 0.574. The third-order valence-electron chi connectivity index (χ3n) is 5.69. The maximum Gasteiger partial charge on any atom is 0.311 e. The lowest BCUT2D eigenvalue weighted by Gasteiger charge is -2.49. The highest BCUT2D eigenvalue weighted by Crippen LogP contribution is 2.37. The molecule has 2 saturated heterocycles. The summed E-state index contributed by atoms with van der Waals surface area (Å²) in [5.74, 6) is 0.300. The molecule has 1 aromatic rings. The number of likely N-dealkylation sites (N-methyl/N-ethyl adjacent to an activating group) is 1. The number of benzene rings is 1. The minimum atomic E-state index is -0.410. The second-order valence-corrected chi connectivity index (χ2v) is 7.33. The molecule has 26 heavy (non-hydrogen) atoms. The molecule has 7 nitrogen and oxygen atoms in total. The summed E-state index contributed by atoms with van der Waals surface area (Å²) in [7, 11) is 5.75. The van der Waals surface area contributed by atoms with Crippen molar-refractivity contribution in [2.45, 2.75) is 24.9 Å². The molecule has 2 heterocycles. The molecule has 7 heteroatoms. The number of nitro groups is 1. The van der Waals surface area contributed by atoms with Crippen LogP contribution in [0, 0.1) is 10.1 Å². The fourth-order valence-electron chi connectivity index (χ4n) is 3.90. The van der Waals surface area contributed by atoms with Crippen LogP contribution in [-0.2, 0) is 0 Å². The van der Waals surface area contributed by atoms with Gasteiger partial charge in [-0.2, -0.15) is 0 Å². The molecule has 142 valence electrons. The maximum atomic E-state index is 11.2. The SMILES string of the molecule is C=Cc1cc([N+](=O)[O-])c(OC)cc1N1CCC(N2CC(N(C)C)C2)CC1. The Morgan fingerprint density at radius 2 is 1.96 bits per heavy atom. The molecule has 2 aliphatic rings. The highest BCUT2D eigenvalue weighted by molar-refractivity contribution is 5.73. The van der Waals surface area contributed by atoms with Gasteiger partial charge in [-0.25, -0.2) is 0 Å². The average Bonchev–Trinajstić information content (AvgIpc) is 2.59. The van der Waals surface area contributed by atoms with E-state index in [-0.39, 0.29) is 5.69 Å². The second kappa shape index (κ2) is 7.63. The Bertz CT molecular complexity index is 678. The Labute approximate surface area is 155 Å². The van der Waals surface area contributed by atoms with Gasteiger partial charge in [-0.15, -0.1) is 0 Å². The molecule has 0 unspecified atom stereocenters. The van der Waals surface area contributed by atoms with Gasteiger partial charge in [0.2, 0.25) is 0 Å². The number of hydrogen-bond donors (Lipinski definition) is 0. The normalized spacial score (nSPS) is 19.5. The zero-order valence-corrected chi connectivity index (χ0v) is 15.9. The molecule has 0 atom stereocenters. The van der Waals surface area contributed by atoms with Gasteiger partial charge in [0.15, 0.2) is 5.75 Å². The van der Waals surface area contributed by atoms with Crippen LogP contribution in [0.15, 0.2) is 18.7 Å². The largest absolute Gasteiger partial charge is 0.490 e. The summed E-state index contributed by atoms with van der Waals surface area (Å²) >= 11 is 0. The average molecular weight is 360 g/mol. The summed E-state index contributed by atoms with van der Waals surface area (Å²) in [4.78, 5) is 18.0. The maximum absolute atomic E-state index is 11.2. The van der Waals surface area contributed by atoms with Gasteiger partial charge in [-0.3, -0.25) is 15.0 Å². The summed E-state index contributed by atoms with van der Waals surface area (Å²) in [6.07, 6.45) is 3.90. The van der Waals surface area contributed by atoms with E-state index in [1.165, 1.54) is 7.11 Å². The van der Waals surface area contributed by atoms with Crippen LogP contribution in [0.4, 0.5) is 11.4 Å². The van der Waals surface area contributed by atoms with E-state index in [2.05, 4.69) is 35.4 Å². The van der Waals surface area contributed by atoms with Crippen molar-refractivity contribution in [2.24, 2.45) is 0 Å². The number of nitrogens with zero attached hydrogens (tertiary/aromatic N) is 4. The van der Waals surface area contributed by atoms with Crippen LogP contribution in [0.2, 0.25) is 0 Å². The molecule has 0 spiro atoms. The smallest absolute Gasteiger partial charge is 0.311 e. The lowest BCUT2D eigenvalue weighted by Crippen LogP contribution is -2.62. The van der Waals surface area contributed by atoms with Crippen molar-refractivity contribution in [1.82, 2.24) is 9.80 Å². The summed E-state index contributed by atoms with van der Waals surface area (Å²) in [5.41, 5.74) is 1.74. The molecule has 0 radical (unpaired) electrons. The number of ether oxygens (including phenoxy) is 1. The van der Waals surface area contributed by atoms with E-state index < -0.39 is 4.92 Å². The molecule has 0 bridgehead atoms. The molecule has 3 rings (SSSR count). The molecule has 0 aromatic heterocycles. The minimum absolute atomic E-state index is 0.0173. The molecular weight excluding hydrogens is 332 g/mol. The van der Waals surface area contributed by atoms with E-state index in [9.17, 15) is 10.1 Å². The third kappa shape index (κ3) is 3.54. The molecule has 2 fully saturated rings. The van der Waals surface area contributed by atoms with Crippen molar-refractivity contribution < 1.29 is 9.66 Å². The molecule has 1 aromatic carbocycles. The van der Waals surface area contributed by atoms with Crippen molar-refractivity contribution in [3.8, 4) is 5.75 Å². The van der Waals surface area contributed by atoms with Crippen molar-refractivity contribution in [2.75, 3.05) is 52.3 Å². The standard InChI is InChI=1S/C19H28N4O3/c1-5-14-10-18(23(24)25)19(26-4)11-17(14)21-8-6-15(7-9-21)22-12-16(13-22)20(2)3/h5,10-11,15-16H,1,6-9,12-13H2,2-4H3.